The molecule has 0 bridgehead atoms. The highest BCUT2D eigenvalue weighted by atomic mass is 16.5. The second-order valence-electron chi connectivity index (χ2n) is 6.99. The summed E-state index contributed by atoms with van der Waals surface area (Å²) in [6, 6.07) is 10.9. The fraction of sp³-hybridized carbons (Fsp3) is 0.381. The topological polar surface area (TPSA) is 94.3 Å². The summed E-state index contributed by atoms with van der Waals surface area (Å²) in [5.74, 6) is -0.560. The quantitative estimate of drug-likeness (QED) is 0.820. The molecule has 0 radical (unpaired) electrons. The van der Waals surface area contributed by atoms with E-state index in [2.05, 4.69) is 10.3 Å². The summed E-state index contributed by atoms with van der Waals surface area (Å²) in [7, 11) is 0. The second kappa shape index (κ2) is 8.77. The maximum atomic E-state index is 12.6. The van der Waals surface area contributed by atoms with Gasteiger partial charge in [0.2, 0.25) is 11.8 Å². The van der Waals surface area contributed by atoms with E-state index >= 15 is 0 Å². The molecule has 0 aliphatic heterocycles. The van der Waals surface area contributed by atoms with Crippen LogP contribution in [0.1, 0.15) is 47.3 Å². The van der Waals surface area contributed by atoms with Gasteiger partial charge >= 0.3 is 0 Å². The number of pyridine rings is 1. The molecule has 6 heteroatoms. The summed E-state index contributed by atoms with van der Waals surface area (Å²) in [5, 5.41) is 2.95. The fourth-order valence-electron chi connectivity index (χ4n) is 3.32. The second-order valence-corrected chi connectivity index (χ2v) is 6.99. The number of amides is 2. The number of nitrogens with one attached hydrogen (secondary N) is 1. The zero-order valence-electron chi connectivity index (χ0n) is 15.5. The number of rotatable bonds is 6. The van der Waals surface area contributed by atoms with E-state index in [1.165, 1.54) is 0 Å². The standard InChI is InChI=1S/C21H25N3O3/c1-14-5-6-16(20(22)25)12-19(14)24-21(26)15-7-9-18(10-8-15)27-13-17-4-2-3-11-23-17/h2-6,11-12,15,18H,7-10,13H2,1H3,(H2,22,25)(H,24,26). The van der Waals surface area contributed by atoms with Crippen LogP contribution in [0.3, 0.4) is 0 Å². The van der Waals surface area contributed by atoms with Gasteiger partial charge in [0, 0.05) is 23.4 Å². The molecule has 1 aliphatic rings. The van der Waals surface area contributed by atoms with Gasteiger partial charge in [-0.1, -0.05) is 12.1 Å². The molecule has 27 heavy (non-hydrogen) atoms. The van der Waals surface area contributed by atoms with Crippen LogP contribution in [0, 0.1) is 12.8 Å². The monoisotopic (exact) mass is 367 g/mol. The van der Waals surface area contributed by atoms with Crippen LogP contribution in [0.25, 0.3) is 0 Å². The number of aromatic nitrogens is 1. The van der Waals surface area contributed by atoms with Crippen molar-refractivity contribution in [2.75, 3.05) is 5.32 Å². The Morgan fingerprint density at radius 3 is 2.63 bits per heavy atom. The van der Waals surface area contributed by atoms with E-state index in [0.717, 1.165) is 36.9 Å². The number of nitrogens with two attached hydrogens (primary N) is 1. The van der Waals surface area contributed by atoms with Gasteiger partial charge in [0.25, 0.3) is 0 Å². The third kappa shape index (κ3) is 5.14. The van der Waals surface area contributed by atoms with E-state index < -0.39 is 5.91 Å². The molecule has 0 saturated heterocycles. The number of aryl methyl sites for hydroxylation is 1. The number of carbonyl (C=O) groups is 2. The summed E-state index contributed by atoms with van der Waals surface area (Å²) >= 11 is 0. The normalized spacial score (nSPS) is 19.4. The number of carbonyl (C=O) groups excluding carboxylic acids is 2. The smallest absolute Gasteiger partial charge is 0.248 e. The van der Waals surface area contributed by atoms with Crippen LogP contribution < -0.4 is 11.1 Å². The first kappa shape index (κ1) is 19.0. The van der Waals surface area contributed by atoms with Crippen LogP contribution >= 0.6 is 0 Å². The summed E-state index contributed by atoms with van der Waals surface area (Å²) < 4.78 is 5.93. The zero-order valence-corrected chi connectivity index (χ0v) is 15.5. The van der Waals surface area contributed by atoms with Crippen molar-refractivity contribution >= 4 is 17.5 Å². The van der Waals surface area contributed by atoms with E-state index in [4.69, 9.17) is 10.5 Å². The van der Waals surface area contributed by atoms with Gasteiger partial charge in [-0.15, -0.1) is 0 Å². The van der Waals surface area contributed by atoms with E-state index in [1.54, 1.807) is 24.4 Å². The van der Waals surface area contributed by atoms with E-state index in [1.807, 2.05) is 25.1 Å². The molecule has 1 fully saturated rings. The van der Waals surface area contributed by atoms with E-state index in [-0.39, 0.29) is 17.9 Å². The Kier molecular flexibility index (Phi) is 6.19. The highest BCUT2D eigenvalue weighted by molar-refractivity contribution is 5.97. The summed E-state index contributed by atoms with van der Waals surface area (Å²) in [4.78, 5) is 28.2. The third-order valence-corrected chi connectivity index (χ3v) is 5.02. The van der Waals surface area contributed by atoms with Crippen molar-refractivity contribution in [3.05, 3.63) is 59.4 Å². The molecule has 3 rings (SSSR count). The first-order chi connectivity index (χ1) is 13.0. The van der Waals surface area contributed by atoms with Crippen molar-refractivity contribution in [1.82, 2.24) is 4.98 Å². The van der Waals surface area contributed by atoms with Crippen LogP contribution in [-0.4, -0.2) is 22.9 Å². The predicted molar refractivity (Wildman–Crippen MR) is 103 cm³/mol. The molecule has 1 saturated carbocycles. The fourth-order valence-corrected chi connectivity index (χ4v) is 3.32. The summed E-state index contributed by atoms with van der Waals surface area (Å²) in [6.07, 6.45) is 5.20. The van der Waals surface area contributed by atoms with E-state index in [0.29, 0.717) is 17.9 Å². The Morgan fingerprint density at radius 1 is 1.19 bits per heavy atom. The van der Waals surface area contributed by atoms with Gasteiger partial charge in [-0.3, -0.25) is 14.6 Å². The molecule has 1 aromatic carbocycles. The van der Waals surface area contributed by atoms with Crippen molar-refractivity contribution in [3.8, 4) is 0 Å². The van der Waals surface area contributed by atoms with E-state index in [9.17, 15) is 9.59 Å². The minimum Gasteiger partial charge on any atom is -0.372 e. The Balaban J connectivity index is 1.50. The number of nitrogens with zero attached hydrogens (tertiary/aromatic N) is 1. The van der Waals surface area contributed by atoms with Crippen LogP contribution in [0.15, 0.2) is 42.6 Å². The number of anilines is 1. The largest absolute Gasteiger partial charge is 0.372 e. The maximum Gasteiger partial charge on any atom is 0.248 e. The Labute approximate surface area is 159 Å². The van der Waals surface area contributed by atoms with Gasteiger partial charge in [-0.05, 0) is 62.4 Å². The van der Waals surface area contributed by atoms with Crippen molar-refractivity contribution in [2.24, 2.45) is 11.7 Å². The van der Waals surface area contributed by atoms with Gasteiger partial charge < -0.3 is 15.8 Å². The maximum absolute atomic E-state index is 12.6. The minimum absolute atomic E-state index is 0.0112. The Bertz CT molecular complexity index is 800. The lowest BCUT2D eigenvalue weighted by Crippen LogP contribution is -2.30. The van der Waals surface area contributed by atoms with Crippen molar-refractivity contribution in [3.63, 3.8) is 0 Å². The predicted octanol–water partition coefficient (Wildman–Crippen LogP) is 3.20. The zero-order chi connectivity index (χ0) is 19.2. The van der Waals surface area contributed by atoms with Crippen LogP contribution in [0.2, 0.25) is 0 Å². The lowest BCUT2D eigenvalue weighted by atomic mass is 9.86. The van der Waals surface area contributed by atoms with Crippen molar-refractivity contribution < 1.29 is 14.3 Å². The third-order valence-electron chi connectivity index (χ3n) is 5.02. The molecule has 1 aliphatic carbocycles. The molecule has 6 nitrogen and oxygen atoms in total. The molecule has 2 amide bonds. The molecule has 142 valence electrons. The molecule has 0 spiro atoms. The molecule has 3 N–H and O–H groups in total. The van der Waals surface area contributed by atoms with Crippen molar-refractivity contribution in [2.45, 2.75) is 45.3 Å². The Hall–Kier alpha value is -2.73. The van der Waals surface area contributed by atoms with Crippen LogP contribution in [0.5, 0.6) is 0 Å². The number of benzene rings is 1. The van der Waals surface area contributed by atoms with Gasteiger partial charge in [-0.25, -0.2) is 0 Å². The van der Waals surface area contributed by atoms with Gasteiger partial charge in [0.05, 0.1) is 18.4 Å². The van der Waals surface area contributed by atoms with Gasteiger partial charge in [0.1, 0.15) is 0 Å². The van der Waals surface area contributed by atoms with Gasteiger partial charge in [-0.2, -0.15) is 0 Å². The lowest BCUT2D eigenvalue weighted by Gasteiger charge is -2.28. The molecular weight excluding hydrogens is 342 g/mol. The lowest BCUT2D eigenvalue weighted by molar-refractivity contribution is -0.121. The first-order valence-corrected chi connectivity index (χ1v) is 9.26. The summed E-state index contributed by atoms with van der Waals surface area (Å²) in [5.41, 5.74) is 8.18. The number of hydrogen-bond donors (Lipinski definition) is 2. The number of ether oxygens (including phenoxy) is 1. The average Bonchev–Trinajstić information content (AvgIpc) is 2.69. The Morgan fingerprint density at radius 2 is 1.96 bits per heavy atom. The highest BCUT2D eigenvalue weighted by Crippen LogP contribution is 2.28. The summed E-state index contributed by atoms with van der Waals surface area (Å²) in [6.45, 7) is 2.39. The average molecular weight is 367 g/mol. The first-order valence-electron chi connectivity index (χ1n) is 9.26. The molecule has 1 aromatic heterocycles. The molecule has 0 unspecified atom stereocenters. The highest BCUT2D eigenvalue weighted by Gasteiger charge is 2.27. The van der Waals surface area contributed by atoms with Crippen molar-refractivity contribution in [1.29, 1.82) is 0 Å². The molecular formula is C21H25N3O3. The van der Waals surface area contributed by atoms with Gasteiger partial charge in [0.15, 0.2) is 0 Å². The number of hydrogen-bond acceptors (Lipinski definition) is 4. The minimum atomic E-state index is -0.504. The molecule has 1 heterocycles. The van der Waals surface area contributed by atoms with Crippen LogP contribution in [0.4, 0.5) is 5.69 Å². The van der Waals surface area contributed by atoms with Crippen LogP contribution in [-0.2, 0) is 16.1 Å². The SMILES string of the molecule is Cc1ccc(C(N)=O)cc1NC(=O)C1CCC(OCc2ccccn2)CC1. The molecule has 0 atom stereocenters. The number of primary amides is 1. The molecule has 2 aromatic rings.